The maximum atomic E-state index is 13.1. The van der Waals surface area contributed by atoms with Gasteiger partial charge in [-0.1, -0.05) is 12.1 Å². The van der Waals surface area contributed by atoms with E-state index in [0.29, 0.717) is 5.56 Å². The lowest BCUT2D eigenvalue weighted by atomic mass is 10.00. The van der Waals surface area contributed by atoms with Crippen molar-refractivity contribution >= 4 is 5.69 Å². The van der Waals surface area contributed by atoms with Crippen molar-refractivity contribution in [1.29, 1.82) is 0 Å². The number of nitro groups is 1. The van der Waals surface area contributed by atoms with Crippen LogP contribution >= 0.6 is 0 Å². The third kappa shape index (κ3) is 2.73. The van der Waals surface area contributed by atoms with Crippen LogP contribution in [0.3, 0.4) is 0 Å². The zero-order valence-electron chi connectivity index (χ0n) is 8.74. The SMILES string of the molecule is Cc1cccc([N+](=O)[O-])c1CC(F)(F)CN. The van der Waals surface area contributed by atoms with Crippen LogP contribution in [0.15, 0.2) is 18.2 Å². The van der Waals surface area contributed by atoms with Gasteiger partial charge in [-0.15, -0.1) is 0 Å². The van der Waals surface area contributed by atoms with E-state index in [0.717, 1.165) is 0 Å². The zero-order valence-corrected chi connectivity index (χ0v) is 8.74. The Bertz CT molecular complexity index is 408. The van der Waals surface area contributed by atoms with Gasteiger partial charge < -0.3 is 5.73 Å². The van der Waals surface area contributed by atoms with Gasteiger partial charge in [0.25, 0.3) is 11.6 Å². The van der Waals surface area contributed by atoms with Gasteiger partial charge in [0.2, 0.25) is 0 Å². The van der Waals surface area contributed by atoms with Gasteiger partial charge in [-0.3, -0.25) is 10.1 Å². The molecule has 0 aliphatic rings. The summed E-state index contributed by atoms with van der Waals surface area (Å²) in [6, 6.07) is 4.25. The summed E-state index contributed by atoms with van der Waals surface area (Å²) < 4.78 is 26.2. The number of rotatable bonds is 4. The molecule has 0 aromatic heterocycles. The Labute approximate surface area is 91.2 Å². The van der Waals surface area contributed by atoms with Crippen LogP contribution in [-0.2, 0) is 6.42 Å². The first-order chi connectivity index (χ1) is 7.37. The predicted octanol–water partition coefficient (Wildman–Crippen LogP) is 2.04. The largest absolute Gasteiger partial charge is 0.325 e. The third-order valence-corrected chi connectivity index (χ3v) is 2.32. The fraction of sp³-hybridized carbons (Fsp3) is 0.400. The fourth-order valence-corrected chi connectivity index (χ4v) is 1.42. The highest BCUT2D eigenvalue weighted by Gasteiger charge is 2.31. The molecule has 0 bridgehead atoms. The summed E-state index contributed by atoms with van der Waals surface area (Å²) in [4.78, 5) is 10.0. The van der Waals surface area contributed by atoms with Crippen molar-refractivity contribution in [2.45, 2.75) is 19.3 Å². The van der Waals surface area contributed by atoms with Crippen molar-refractivity contribution in [3.63, 3.8) is 0 Å². The Balaban J connectivity index is 3.16. The third-order valence-electron chi connectivity index (χ3n) is 2.32. The smallest absolute Gasteiger partial charge is 0.273 e. The average Bonchev–Trinajstić information content (AvgIpc) is 2.20. The molecule has 0 fully saturated rings. The zero-order chi connectivity index (χ0) is 12.3. The van der Waals surface area contributed by atoms with Gasteiger partial charge in [0.15, 0.2) is 0 Å². The van der Waals surface area contributed by atoms with Gasteiger partial charge in [-0.05, 0) is 12.5 Å². The summed E-state index contributed by atoms with van der Waals surface area (Å²) in [5, 5.41) is 10.7. The number of alkyl halides is 2. The van der Waals surface area contributed by atoms with E-state index in [-0.39, 0.29) is 11.3 Å². The van der Waals surface area contributed by atoms with E-state index < -0.39 is 23.8 Å². The molecular formula is C10H12F2N2O2. The molecule has 4 nitrogen and oxygen atoms in total. The Morgan fingerprint density at radius 2 is 2.12 bits per heavy atom. The molecule has 0 atom stereocenters. The summed E-state index contributed by atoms with van der Waals surface area (Å²) in [6.45, 7) is 0.743. The number of nitro benzene ring substituents is 1. The van der Waals surface area contributed by atoms with Crippen molar-refractivity contribution in [2.24, 2.45) is 5.73 Å². The van der Waals surface area contributed by atoms with Crippen molar-refractivity contribution in [3.05, 3.63) is 39.4 Å². The molecule has 0 radical (unpaired) electrons. The number of nitrogens with zero attached hydrogens (tertiary/aromatic N) is 1. The minimum absolute atomic E-state index is 0.0444. The Kier molecular flexibility index (Phi) is 3.54. The van der Waals surface area contributed by atoms with E-state index in [4.69, 9.17) is 5.73 Å². The van der Waals surface area contributed by atoms with E-state index in [2.05, 4.69) is 0 Å². The number of hydrogen-bond acceptors (Lipinski definition) is 3. The van der Waals surface area contributed by atoms with Gasteiger partial charge >= 0.3 is 0 Å². The van der Waals surface area contributed by atoms with E-state index >= 15 is 0 Å². The second-order valence-corrected chi connectivity index (χ2v) is 3.57. The molecule has 16 heavy (non-hydrogen) atoms. The summed E-state index contributed by atoms with van der Waals surface area (Å²) in [7, 11) is 0. The van der Waals surface area contributed by atoms with Gasteiger partial charge in [-0.2, -0.15) is 0 Å². The summed E-state index contributed by atoms with van der Waals surface area (Å²) >= 11 is 0. The van der Waals surface area contributed by atoms with Crippen molar-refractivity contribution < 1.29 is 13.7 Å². The Morgan fingerprint density at radius 3 is 2.62 bits per heavy atom. The summed E-state index contributed by atoms with van der Waals surface area (Å²) in [6.07, 6.45) is -0.702. The molecule has 0 amide bonds. The topological polar surface area (TPSA) is 69.2 Å². The minimum atomic E-state index is -3.11. The first-order valence-electron chi connectivity index (χ1n) is 4.68. The quantitative estimate of drug-likeness (QED) is 0.635. The van der Waals surface area contributed by atoms with E-state index in [1.807, 2.05) is 0 Å². The van der Waals surface area contributed by atoms with E-state index in [9.17, 15) is 18.9 Å². The van der Waals surface area contributed by atoms with Gasteiger partial charge in [0, 0.05) is 18.1 Å². The van der Waals surface area contributed by atoms with Crippen LogP contribution in [0.25, 0.3) is 0 Å². The number of benzene rings is 1. The molecule has 1 rings (SSSR count). The summed E-state index contributed by atoms with van der Waals surface area (Å²) in [5.74, 6) is -3.11. The molecule has 0 spiro atoms. The highest BCUT2D eigenvalue weighted by molar-refractivity contribution is 5.45. The van der Waals surface area contributed by atoms with Crippen molar-refractivity contribution in [1.82, 2.24) is 0 Å². The van der Waals surface area contributed by atoms with Crippen LogP contribution in [0.1, 0.15) is 11.1 Å². The molecule has 0 aliphatic carbocycles. The lowest BCUT2D eigenvalue weighted by Crippen LogP contribution is -2.30. The molecular weight excluding hydrogens is 218 g/mol. The Hall–Kier alpha value is -1.56. The first-order valence-corrected chi connectivity index (χ1v) is 4.68. The molecule has 0 saturated carbocycles. The number of nitrogens with two attached hydrogens (primary N) is 1. The summed E-state index contributed by atoms with van der Waals surface area (Å²) in [5.41, 5.74) is 5.15. The van der Waals surface area contributed by atoms with Gasteiger partial charge in [0.05, 0.1) is 11.5 Å². The van der Waals surface area contributed by atoms with E-state index in [1.54, 1.807) is 13.0 Å². The maximum Gasteiger partial charge on any atom is 0.273 e. The second-order valence-electron chi connectivity index (χ2n) is 3.57. The monoisotopic (exact) mass is 230 g/mol. The molecule has 0 heterocycles. The van der Waals surface area contributed by atoms with Crippen molar-refractivity contribution in [2.75, 3.05) is 6.54 Å². The highest BCUT2D eigenvalue weighted by atomic mass is 19.3. The molecule has 2 N–H and O–H groups in total. The maximum absolute atomic E-state index is 13.1. The van der Waals surface area contributed by atoms with Crippen LogP contribution < -0.4 is 5.73 Å². The molecule has 1 aromatic carbocycles. The minimum Gasteiger partial charge on any atom is -0.325 e. The fourth-order valence-electron chi connectivity index (χ4n) is 1.42. The molecule has 0 aliphatic heterocycles. The lowest BCUT2D eigenvalue weighted by Gasteiger charge is -2.15. The van der Waals surface area contributed by atoms with E-state index in [1.165, 1.54) is 12.1 Å². The number of halogens is 2. The molecule has 6 heteroatoms. The molecule has 88 valence electrons. The predicted molar refractivity (Wildman–Crippen MR) is 55.5 cm³/mol. The van der Waals surface area contributed by atoms with Crippen LogP contribution in [0.4, 0.5) is 14.5 Å². The van der Waals surface area contributed by atoms with Gasteiger partial charge in [-0.25, -0.2) is 8.78 Å². The highest BCUT2D eigenvalue weighted by Crippen LogP contribution is 2.28. The number of aryl methyl sites for hydroxylation is 1. The molecule has 0 saturated heterocycles. The van der Waals surface area contributed by atoms with Gasteiger partial charge in [0.1, 0.15) is 0 Å². The van der Waals surface area contributed by atoms with Crippen LogP contribution in [0.5, 0.6) is 0 Å². The molecule has 0 unspecified atom stereocenters. The van der Waals surface area contributed by atoms with Crippen LogP contribution in [-0.4, -0.2) is 17.4 Å². The first kappa shape index (κ1) is 12.5. The average molecular weight is 230 g/mol. The molecule has 1 aromatic rings. The normalized spacial score (nSPS) is 11.5. The second kappa shape index (κ2) is 4.52. The standard InChI is InChI=1S/C10H12F2N2O2/c1-7-3-2-4-9(14(15)16)8(7)5-10(11,12)6-13/h2-4H,5-6,13H2,1H3. The Morgan fingerprint density at radius 1 is 1.50 bits per heavy atom. The van der Waals surface area contributed by atoms with Crippen molar-refractivity contribution in [3.8, 4) is 0 Å². The lowest BCUT2D eigenvalue weighted by molar-refractivity contribution is -0.385. The van der Waals surface area contributed by atoms with Crippen LogP contribution in [0.2, 0.25) is 0 Å². The number of hydrogen-bond donors (Lipinski definition) is 1. The van der Waals surface area contributed by atoms with Crippen LogP contribution in [0, 0.1) is 17.0 Å².